The van der Waals surface area contributed by atoms with Gasteiger partial charge in [0.1, 0.15) is 5.54 Å². The summed E-state index contributed by atoms with van der Waals surface area (Å²) in [7, 11) is 0. The van der Waals surface area contributed by atoms with Gasteiger partial charge >= 0.3 is 12.0 Å². The largest absolute Gasteiger partial charge is 0.452 e. The van der Waals surface area contributed by atoms with Crippen LogP contribution in [0, 0.1) is 0 Å². The Morgan fingerprint density at radius 3 is 2.50 bits per heavy atom. The molecule has 0 aromatic heterocycles. The normalized spacial score (nSPS) is 21.5. The van der Waals surface area contributed by atoms with Crippen LogP contribution < -0.4 is 10.6 Å². The molecule has 0 bridgehead atoms. The first-order valence-electron chi connectivity index (χ1n) is 8.34. The first kappa shape index (κ1) is 18.2. The van der Waals surface area contributed by atoms with Gasteiger partial charge in [0.25, 0.3) is 11.8 Å². The van der Waals surface area contributed by atoms with Gasteiger partial charge < -0.3 is 15.4 Å². The van der Waals surface area contributed by atoms with Crippen LogP contribution >= 0.6 is 0 Å². The number of carbonyl (C=O) groups is 4. The summed E-state index contributed by atoms with van der Waals surface area (Å²) < 4.78 is 5.08. The number of amides is 4. The fourth-order valence-corrected chi connectivity index (χ4v) is 2.92. The van der Waals surface area contributed by atoms with Crippen LogP contribution in [0.1, 0.15) is 52.9 Å². The zero-order valence-corrected chi connectivity index (χ0v) is 14.4. The van der Waals surface area contributed by atoms with Gasteiger partial charge in [0.2, 0.25) is 0 Å². The van der Waals surface area contributed by atoms with Crippen LogP contribution in [0.15, 0.2) is 0 Å². The van der Waals surface area contributed by atoms with Gasteiger partial charge in [-0.05, 0) is 33.6 Å². The Hall–Kier alpha value is -2.12. The molecule has 1 unspecified atom stereocenters. The zero-order valence-electron chi connectivity index (χ0n) is 14.4. The van der Waals surface area contributed by atoms with Gasteiger partial charge in [-0.2, -0.15) is 0 Å². The summed E-state index contributed by atoms with van der Waals surface area (Å²) in [6.45, 7) is 4.64. The highest BCUT2D eigenvalue weighted by Gasteiger charge is 2.44. The van der Waals surface area contributed by atoms with Crippen LogP contribution in [0.2, 0.25) is 0 Å². The minimum absolute atomic E-state index is 0.0656. The second-order valence-electron chi connectivity index (χ2n) is 6.88. The summed E-state index contributed by atoms with van der Waals surface area (Å²) >= 11 is 0. The first-order valence-corrected chi connectivity index (χ1v) is 8.34. The Bertz CT molecular complexity index is 540. The van der Waals surface area contributed by atoms with Crippen molar-refractivity contribution in [3.63, 3.8) is 0 Å². The van der Waals surface area contributed by atoms with E-state index in [1.807, 2.05) is 0 Å². The topological polar surface area (TPSA) is 105 Å². The third-order valence-corrected chi connectivity index (χ3v) is 4.36. The number of ether oxygens (including phenoxy) is 1. The molecular weight excluding hydrogens is 314 g/mol. The van der Waals surface area contributed by atoms with Crippen molar-refractivity contribution in [3.05, 3.63) is 0 Å². The van der Waals surface area contributed by atoms with Crippen molar-refractivity contribution in [1.82, 2.24) is 15.5 Å². The van der Waals surface area contributed by atoms with Crippen LogP contribution in [0.5, 0.6) is 0 Å². The quantitative estimate of drug-likeness (QED) is 0.547. The smallest absolute Gasteiger partial charge is 0.325 e. The molecule has 2 aliphatic rings. The SMILES string of the molecule is CC(OC(=O)CCN1C(=O)NC(C)(C)C1=O)C(=O)NC1CCCC1. The summed E-state index contributed by atoms with van der Waals surface area (Å²) in [5.74, 6) is -1.31. The molecule has 134 valence electrons. The van der Waals surface area contributed by atoms with Gasteiger partial charge in [-0.15, -0.1) is 0 Å². The number of esters is 1. The predicted octanol–water partition coefficient (Wildman–Crippen LogP) is 0.697. The molecule has 2 fully saturated rings. The van der Waals surface area contributed by atoms with Crippen molar-refractivity contribution in [2.45, 2.75) is 70.6 Å². The molecule has 8 heteroatoms. The Morgan fingerprint density at radius 1 is 1.33 bits per heavy atom. The molecule has 8 nitrogen and oxygen atoms in total. The third-order valence-electron chi connectivity index (χ3n) is 4.36. The molecular formula is C16H25N3O5. The van der Waals surface area contributed by atoms with E-state index in [9.17, 15) is 19.2 Å². The predicted molar refractivity (Wildman–Crippen MR) is 84.9 cm³/mol. The second-order valence-corrected chi connectivity index (χ2v) is 6.88. The molecule has 1 saturated heterocycles. The van der Waals surface area contributed by atoms with Gasteiger partial charge in [-0.3, -0.25) is 19.3 Å². The molecule has 1 saturated carbocycles. The maximum absolute atomic E-state index is 12.0. The summed E-state index contributed by atoms with van der Waals surface area (Å²) in [5.41, 5.74) is -0.963. The average Bonchev–Trinajstić information content (AvgIpc) is 3.05. The molecule has 2 rings (SSSR count). The second kappa shape index (κ2) is 7.19. The van der Waals surface area contributed by atoms with Crippen LogP contribution in [0.3, 0.4) is 0 Å². The Morgan fingerprint density at radius 2 is 1.96 bits per heavy atom. The van der Waals surface area contributed by atoms with Crippen LogP contribution in [-0.2, 0) is 19.1 Å². The fourth-order valence-electron chi connectivity index (χ4n) is 2.92. The lowest BCUT2D eigenvalue weighted by Gasteiger charge is -2.18. The minimum Gasteiger partial charge on any atom is -0.452 e. The van der Waals surface area contributed by atoms with E-state index in [4.69, 9.17) is 4.74 Å². The van der Waals surface area contributed by atoms with Crippen LogP contribution in [-0.4, -0.2) is 52.9 Å². The minimum atomic E-state index is -0.963. The molecule has 0 aromatic carbocycles. The Kier molecular flexibility index (Phi) is 5.46. The van der Waals surface area contributed by atoms with Crippen LogP contribution in [0.4, 0.5) is 4.79 Å². The van der Waals surface area contributed by atoms with E-state index < -0.39 is 23.6 Å². The van der Waals surface area contributed by atoms with Crippen molar-refractivity contribution in [1.29, 1.82) is 0 Å². The Labute approximate surface area is 141 Å². The highest BCUT2D eigenvalue weighted by molar-refractivity contribution is 6.06. The molecule has 0 radical (unpaired) electrons. The van der Waals surface area contributed by atoms with Gasteiger partial charge in [-0.1, -0.05) is 12.8 Å². The van der Waals surface area contributed by atoms with Gasteiger partial charge in [-0.25, -0.2) is 4.79 Å². The summed E-state index contributed by atoms with van der Waals surface area (Å²) in [6, 6.07) is -0.364. The van der Waals surface area contributed by atoms with Crippen molar-refractivity contribution < 1.29 is 23.9 Å². The van der Waals surface area contributed by atoms with Crippen molar-refractivity contribution in [3.8, 4) is 0 Å². The van der Waals surface area contributed by atoms with E-state index >= 15 is 0 Å². The highest BCUT2D eigenvalue weighted by Crippen LogP contribution is 2.18. The summed E-state index contributed by atoms with van der Waals surface area (Å²) in [4.78, 5) is 48.5. The molecule has 0 spiro atoms. The summed E-state index contributed by atoms with van der Waals surface area (Å²) in [5, 5.41) is 5.40. The molecule has 2 N–H and O–H groups in total. The molecule has 1 heterocycles. The molecule has 0 aromatic rings. The van der Waals surface area contributed by atoms with E-state index in [0.29, 0.717) is 0 Å². The number of nitrogens with zero attached hydrogens (tertiary/aromatic N) is 1. The van der Waals surface area contributed by atoms with Crippen molar-refractivity contribution in [2.24, 2.45) is 0 Å². The molecule has 1 atom stereocenters. The average molecular weight is 339 g/mol. The fraction of sp³-hybridized carbons (Fsp3) is 0.750. The van der Waals surface area contributed by atoms with Crippen molar-refractivity contribution in [2.75, 3.05) is 6.54 Å². The van der Waals surface area contributed by atoms with E-state index in [2.05, 4.69) is 10.6 Å². The number of imide groups is 1. The third kappa shape index (κ3) is 4.24. The first-order chi connectivity index (χ1) is 11.2. The summed E-state index contributed by atoms with van der Waals surface area (Å²) in [6.07, 6.45) is 3.07. The molecule has 24 heavy (non-hydrogen) atoms. The lowest BCUT2D eigenvalue weighted by molar-refractivity contribution is -0.155. The molecule has 1 aliphatic carbocycles. The van der Waals surface area contributed by atoms with Crippen molar-refractivity contribution >= 4 is 23.8 Å². The van der Waals surface area contributed by atoms with E-state index in [0.717, 1.165) is 30.6 Å². The monoisotopic (exact) mass is 339 g/mol. The number of rotatable bonds is 6. The highest BCUT2D eigenvalue weighted by atomic mass is 16.5. The number of carbonyl (C=O) groups excluding carboxylic acids is 4. The number of hydrogen-bond donors (Lipinski definition) is 2. The number of urea groups is 1. The molecule has 4 amide bonds. The maximum Gasteiger partial charge on any atom is 0.325 e. The Balaban J connectivity index is 1.75. The van der Waals surface area contributed by atoms with Gasteiger partial charge in [0.15, 0.2) is 6.10 Å². The van der Waals surface area contributed by atoms with E-state index in [-0.39, 0.29) is 30.8 Å². The van der Waals surface area contributed by atoms with Gasteiger partial charge in [0.05, 0.1) is 6.42 Å². The van der Waals surface area contributed by atoms with Crippen LogP contribution in [0.25, 0.3) is 0 Å². The van der Waals surface area contributed by atoms with Gasteiger partial charge in [0, 0.05) is 12.6 Å². The lowest BCUT2D eigenvalue weighted by atomic mass is 10.1. The standard InChI is InChI=1S/C16H25N3O5/c1-10(13(21)17-11-6-4-5-7-11)24-12(20)8-9-19-14(22)16(2,3)18-15(19)23/h10-11H,4-9H2,1-3H3,(H,17,21)(H,18,23). The van der Waals surface area contributed by atoms with E-state index in [1.54, 1.807) is 13.8 Å². The lowest BCUT2D eigenvalue weighted by Crippen LogP contribution is -2.41. The molecule has 1 aliphatic heterocycles. The number of nitrogens with one attached hydrogen (secondary N) is 2. The number of hydrogen-bond acceptors (Lipinski definition) is 5. The van der Waals surface area contributed by atoms with E-state index in [1.165, 1.54) is 6.92 Å². The maximum atomic E-state index is 12.0. The zero-order chi connectivity index (χ0) is 17.9.